The summed E-state index contributed by atoms with van der Waals surface area (Å²) in [6.07, 6.45) is 2.17. The number of hydrogen-bond donors (Lipinski definition) is 2. The van der Waals surface area contributed by atoms with Gasteiger partial charge in [-0.1, -0.05) is 55.8 Å². The van der Waals surface area contributed by atoms with Crippen LogP contribution in [0.15, 0.2) is 54.6 Å². The van der Waals surface area contributed by atoms with E-state index in [-0.39, 0.29) is 6.04 Å². The number of hydrogen-bond acceptors (Lipinski definition) is 1. The molecule has 0 spiro atoms. The largest absolute Gasteiger partial charge is 0.356 e. The van der Waals surface area contributed by atoms with Crippen LogP contribution in [0.25, 0.3) is 0 Å². The van der Waals surface area contributed by atoms with Crippen molar-refractivity contribution in [2.24, 2.45) is 0 Å². The number of thiocarbonyl (C=S) groups is 1. The average molecular weight is 298 g/mol. The standard InChI is InChI=1S/C18H22N2S/c1-3-8-17(15-10-5-4-6-11-15)20-18(21)19-16-12-7-9-14(2)13-16/h4-7,9-13,17H,3,8H2,1-2H3,(H2,19,20,21)/t17-/m1/s1. The molecule has 3 heteroatoms. The molecule has 21 heavy (non-hydrogen) atoms. The van der Waals surface area contributed by atoms with E-state index in [1.807, 2.05) is 18.2 Å². The van der Waals surface area contributed by atoms with Crippen LogP contribution in [0.1, 0.15) is 36.9 Å². The maximum atomic E-state index is 5.45. The van der Waals surface area contributed by atoms with Crippen molar-refractivity contribution >= 4 is 23.0 Å². The molecular formula is C18H22N2S. The molecule has 2 aromatic rings. The fraction of sp³-hybridized carbons (Fsp3) is 0.278. The van der Waals surface area contributed by atoms with E-state index >= 15 is 0 Å². The number of benzene rings is 2. The molecule has 2 rings (SSSR count). The predicted octanol–water partition coefficient (Wildman–Crippen LogP) is 4.82. The van der Waals surface area contributed by atoms with Crippen LogP contribution < -0.4 is 10.6 Å². The number of aryl methyl sites for hydroxylation is 1. The summed E-state index contributed by atoms with van der Waals surface area (Å²) in [5.41, 5.74) is 3.51. The first-order valence-electron chi connectivity index (χ1n) is 7.38. The molecule has 0 bridgehead atoms. The minimum absolute atomic E-state index is 0.251. The third-order valence-electron chi connectivity index (χ3n) is 3.36. The van der Waals surface area contributed by atoms with Crippen molar-refractivity contribution in [3.63, 3.8) is 0 Å². The maximum absolute atomic E-state index is 5.45. The summed E-state index contributed by atoms with van der Waals surface area (Å²) in [4.78, 5) is 0. The van der Waals surface area contributed by atoms with Gasteiger partial charge in [-0.2, -0.15) is 0 Å². The Bertz CT molecular complexity index is 581. The second-order valence-electron chi connectivity index (χ2n) is 5.22. The van der Waals surface area contributed by atoms with E-state index in [0.29, 0.717) is 5.11 Å². The van der Waals surface area contributed by atoms with Crippen molar-refractivity contribution in [3.05, 3.63) is 65.7 Å². The van der Waals surface area contributed by atoms with E-state index in [9.17, 15) is 0 Å². The van der Waals surface area contributed by atoms with Gasteiger partial charge in [0.1, 0.15) is 0 Å². The van der Waals surface area contributed by atoms with E-state index in [2.05, 4.69) is 60.9 Å². The molecule has 0 heterocycles. The molecule has 0 saturated carbocycles. The lowest BCUT2D eigenvalue weighted by molar-refractivity contribution is 0.584. The molecule has 2 N–H and O–H groups in total. The molecule has 0 aromatic heterocycles. The quantitative estimate of drug-likeness (QED) is 0.774. The van der Waals surface area contributed by atoms with Crippen LogP contribution >= 0.6 is 12.2 Å². The average Bonchev–Trinajstić information content (AvgIpc) is 2.47. The zero-order valence-corrected chi connectivity index (χ0v) is 13.4. The molecule has 0 radical (unpaired) electrons. The van der Waals surface area contributed by atoms with Crippen molar-refractivity contribution in [3.8, 4) is 0 Å². The smallest absolute Gasteiger partial charge is 0.171 e. The van der Waals surface area contributed by atoms with Crippen LogP contribution in [0, 0.1) is 6.92 Å². The van der Waals surface area contributed by atoms with Crippen molar-refractivity contribution in [2.45, 2.75) is 32.7 Å². The maximum Gasteiger partial charge on any atom is 0.171 e. The molecule has 0 fully saturated rings. The summed E-state index contributed by atoms with van der Waals surface area (Å²) in [6.45, 7) is 4.26. The van der Waals surface area contributed by atoms with Crippen LogP contribution in [0.5, 0.6) is 0 Å². The van der Waals surface area contributed by atoms with Gasteiger partial charge >= 0.3 is 0 Å². The van der Waals surface area contributed by atoms with Gasteiger partial charge in [-0.05, 0) is 48.8 Å². The van der Waals surface area contributed by atoms with Crippen molar-refractivity contribution in [1.82, 2.24) is 5.32 Å². The first-order chi connectivity index (χ1) is 10.2. The van der Waals surface area contributed by atoms with Crippen molar-refractivity contribution < 1.29 is 0 Å². The summed E-state index contributed by atoms with van der Waals surface area (Å²) in [6, 6.07) is 18.9. The molecule has 2 aromatic carbocycles. The van der Waals surface area contributed by atoms with Gasteiger partial charge in [0, 0.05) is 5.69 Å². The van der Waals surface area contributed by atoms with Crippen LogP contribution in [0.2, 0.25) is 0 Å². The monoisotopic (exact) mass is 298 g/mol. The third-order valence-corrected chi connectivity index (χ3v) is 3.58. The summed E-state index contributed by atoms with van der Waals surface area (Å²) < 4.78 is 0. The normalized spacial score (nSPS) is 11.7. The molecule has 110 valence electrons. The Kier molecular flexibility index (Phi) is 5.76. The number of anilines is 1. The summed E-state index contributed by atoms with van der Waals surface area (Å²) in [5, 5.41) is 7.35. The number of nitrogens with one attached hydrogen (secondary N) is 2. The van der Waals surface area contributed by atoms with Gasteiger partial charge in [0.25, 0.3) is 0 Å². The first-order valence-corrected chi connectivity index (χ1v) is 7.79. The molecule has 2 nitrogen and oxygen atoms in total. The third kappa shape index (κ3) is 4.87. The fourth-order valence-electron chi connectivity index (χ4n) is 2.34. The van der Waals surface area contributed by atoms with Gasteiger partial charge < -0.3 is 10.6 Å². The zero-order chi connectivity index (χ0) is 15.1. The van der Waals surface area contributed by atoms with Gasteiger partial charge in [0.15, 0.2) is 5.11 Å². The highest BCUT2D eigenvalue weighted by Gasteiger charge is 2.11. The Morgan fingerprint density at radius 2 is 1.86 bits per heavy atom. The second kappa shape index (κ2) is 7.79. The highest BCUT2D eigenvalue weighted by molar-refractivity contribution is 7.80. The van der Waals surface area contributed by atoms with E-state index < -0.39 is 0 Å². The summed E-state index contributed by atoms with van der Waals surface area (Å²) in [7, 11) is 0. The molecule has 1 atom stereocenters. The van der Waals surface area contributed by atoms with Gasteiger partial charge in [-0.15, -0.1) is 0 Å². The molecule has 0 aliphatic heterocycles. The Morgan fingerprint density at radius 1 is 1.10 bits per heavy atom. The lowest BCUT2D eigenvalue weighted by Crippen LogP contribution is -2.32. The van der Waals surface area contributed by atoms with Crippen molar-refractivity contribution in [2.75, 3.05) is 5.32 Å². The van der Waals surface area contributed by atoms with Gasteiger partial charge in [0.2, 0.25) is 0 Å². The molecule has 0 amide bonds. The van der Waals surface area contributed by atoms with Gasteiger partial charge in [-0.25, -0.2) is 0 Å². The highest BCUT2D eigenvalue weighted by Crippen LogP contribution is 2.18. The highest BCUT2D eigenvalue weighted by atomic mass is 32.1. The SMILES string of the molecule is CCC[C@@H](NC(=S)Nc1cccc(C)c1)c1ccccc1. The van der Waals surface area contributed by atoms with Gasteiger partial charge in [-0.3, -0.25) is 0 Å². The summed E-state index contributed by atoms with van der Waals surface area (Å²) >= 11 is 5.45. The lowest BCUT2D eigenvalue weighted by Gasteiger charge is -2.21. The van der Waals surface area contributed by atoms with E-state index in [1.165, 1.54) is 11.1 Å². The predicted molar refractivity (Wildman–Crippen MR) is 94.6 cm³/mol. The Balaban J connectivity index is 2.02. The van der Waals surface area contributed by atoms with Gasteiger partial charge in [0.05, 0.1) is 6.04 Å². The van der Waals surface area contributed by atoms with Crippen molar-refractivity contribution in [1.29, 1.82) is 0 Å². The fourth-order valence-corrected chi connectivity index (χ4v) is 2.60. The minimum atomic E-state index is 0.251. The topological polar surface area (TPSA) is 24.1 Å². The number of rotatable bonds is 5. The second-order valence-corrected chi connectivity index (χ2v) is 5.63. The Morgan fingerprint density at radius 3 is 2.52 bits per heavy atom. The Hall–Kier alpha value is -1.87. The summed E-state index contributed by atoms with van der Waals surface area (Å²) in [5.74, 6) is 0. The molecule has 0 aliphatic carbocycles. The van der Waals surface area contributed by atoms with E-state index in [1.54, 1.807) is 0 Å². The van der Waals surface area contributed by atoms with Crippen LogP contribution in [0.4, 0.5) is 5.69 Å². The molecule has 0 unspecified atom stereocenters. The van der Waals surface area contributed by atoms with E-state index in [4.69, 9.17) is 12.2 Å². The Labute approximate surface area is 132 Å². The molecular weight excluding hydrogens is 276 g/mol. The molecule has 0 saturated heterocycles. The lowest BCUT2D eigenvalue weighted by atomic mass is 10.0. The zero-order valence-electron chi connectivity index (χ0n) is 12.6. The minimum Gasteiger partial charge on any atom is -0.356 e. The molecule has 0 aliphatic rings. The van der Waals surface area contributed by atoms with Crippen LogP contribution in [-0.4, -0.2) is 5.11 Å². The first kappa shape index (κ1) is 15.5. The van der Waals surface area contributed by atoms with E-state index in [0.717, 1.165) is 18.5 Å². The van der Waals surface area contributed by atoms with Crippen LogP contribution in [-0.2, 0) is 0 Å². The van der Waals surface area contributed by atoms with Crippen LogP contribution in [0.3, 0.4) is 0 Å².